The molecule has 21 heavy (non-hydrogen) atoms. The van der Waals surface area contributed by atoms with Gasteiger partial charge in [-0.15, -0.1) is 0 Å². The van der Waals surface area contributed by atoms with Gasteiger partial charge in [-0.3, -0.25) is 9.59 Å². The summed E-state index contributed by atoms with van der Waals surface area (Å²) in [6.45, 7) is 2.90. The van der Waals surface area contributed by atoms with Gasteiger partial charge in [-0.1, -0.05) is 11.8 Å². The first-order valence-electron chi connectivity index (χ1n) is 6.41. The number of carbonyl (C=O) groups is 3. The number of nitrogens with zero attached hydrogens (tertiary/aromatic N) is 1. The molecule has 0 spiro atoms. The van der Waals surface area contributed by atoms with E-state index in [1.54, 1.807) is 5.41 Å². The van der Waals surface area contributed by atoms with Gasteiger partial charge in [0.25, 0.3) is 0 Å². The van der Waals surface area contributed by atoms with E-state index in [9.17, 15) is 24.6 Å². The van der Waals surface area contributed by atoms with Crippen molar-refractivity contribution in [3.05, 3.63) is 22.2 Å². The van der Waals surface area contributed by atoms with Gasteiger partial charge in [0.1, 0.15) is 5.70 Å². The number of hydrogen-bond acceptors (Lipinski definition) is 5. The lowest BCUT2D eigenvalue weighted by Crippen LogP contribution is -2.61. The molecule has 0 aromatic carbocycles. The minimum absolute atomic E-state index is 0.0284. The third-order valence-electron chi connectivity index (χ3n) is 3.46. The number of fused-ring (bicyclic) bond motifs is 1. The molecule has 2 heterocycles. The van der Waals surface area contributed by atoms with Crippen LogP contribution in [0.2, 0.25) is 0 Å². The highest BCUT2D eigenvalue weighted by Gasteiger charge is 2.56. The Hall–Kier alpha value is -1.80. The van der Waals surface area contributed by atoms with Crippen LogP contribution in [-0.2, 0) is 14.4 Å². The van der Waals surface area contributed by atoms with Crippen LogP contribution in [0.3, 0.4) is 0 Å². The first-order chi connectivity index (χ1) is 9.84. The van der Waals surface area contributed by atoms with Crippen molar-refractivity contribution in [1.29, 1.82) is 0 Å². The van der Waals surface area contributed by atoms with E-state index in [2.05, 4.69) is 5.32 Å². The summed E-state index contributed by atoms with van der Waals surface area (Å²) >= 11 is 1.15. The molecule has 114 valence electrons. The predicted octanol–water partition coefficient (Wildman–Crippen LogP) is 0.235. The number of rotatable bonds is 5. The number of carboxylic acids is 1. The molecular weight excluding hydrogens is 296 g/mol. The molecule has 3 atom stereocenters. The van der Waals surface area contributed by atoms with E-state index in [4.69, 9.17) is 0 Å². The largest absolute Gasteiger partial charge is 0.477 e. The van der Waals surface area contributed by atoms with Crippen LogP contribution >= 0.6 is 11.8 Å². The number of carbonyl (C=O) groups excluding carboxylic acids is 2. The first-order valence-corrected chi connectivity index (χ1v) is 7.29. The zero-order valence-electron chi connectivity index (χ0n) is 11.6. The molecule has 1 saturated heterocycles. The normalized spacial score (nSPS) is 25.9. The van der Waals surface area contributed by atoms with Gasteiger partial charge in [-0.2, -0.15) is 0 Å². The topological polar surface area (TPSA) is 107 Å². The van der Waals surface area contributed by atoms with Crippen LogP contribution in [0.25, 0.3) is 0 Å². The van der Waals surface area contributed by atoms with Gasteiger partial charge < -0.3 is 20.4 Å². The molecule has 2 aliphatic rings. The fourth-order valence-corrected chi connectivity index (χ4v) is 3.47. The molecule has 2 amide bonds. The number of aliphatic hydroxyl groups excluding tert-OH is 1. The van der Waals surface area contributed by atoms with Crippen molar-refractivity contribution in [2.75, 3.05) is 0 Å². The third kappa shape index (κ3) is 2.81. The zero-order valence-corrected chi connectivity index (χ0v) is 12.4. The monoisotopic (exact) mass is 312 g/mol. The quantitative estimate of drug-likeness (QED) is 0.628. The Morgan fingerprint density at radius 1 is 1.52 bits per heavy atom. The Morgan fingerprint density at radius 3 is 2.71 bits per heavy atom. The fraction of sp³-hybridized carbons (Fsp3) is 0.462. The second-order valence-electron chi connectivity index (χ2n) is 4.94. The van der Waals surface area contributed by atoms with Crippen molar-refractivity contribution in [3.63, 3.8) is 0 Å². The van der Waals surface area contributed by atoms with Gasteiger partial charge in [0.15, 0.2) is 0 Å². The van der Waals surface area contributed by atoms with Crippen LogP contribution in [0.5, 0.6) is 0 Å². The molecule has 2 rings (SSSR count). The zero-order chi connectivity index (χ0) is 15.7. The number of amides is 2. The molecule has 2 aliphatic heterocycles. The Kier molecular flexibility index (Phi) is 4.38. The van der Waals surface area contributed by atoms with Gasteiger partial charge in [0.05, 0.1) is 18.1 Å². The van der Waals surface area contributed by atoms with E-state index in [0.29, 0.717) is 11.3 Å². The lowest BCUT2D eigenvalue weighted by Gasteiger charge is -2.44. The van der Waals surface area contributed by atoms with Crippen molar-refractivity contribution < 1.29 is 24.6 Å². The predicted molar refractivity (Wildman–Crippen MR) is 75.6 cm³/mol. The number of nitrogens with one attached hydrogen (secondary N) is 1. The molecular formula is C13H16N2O5S. The fourth-order valence-electron chi connectivity index (χ4n) is 2.60. The number of aliphatic hydroxyl groups is 1. The highest BCUT2D eigenvalue weighted by atomic mass is 32.2. The summed E-state index contributed by atoms with van der Waals surface area (Å²) in [7, 11) is 0. The van der Waals surface area contributed by atoms with E-state index in [-0.39, 0.29) is 23.6 Å². The SMILES string of the molecule is CC(=O)N/C=C/SC1=C(C(=O)O)N2C(=O)[C@H](C(C)O)[C@H]2C1. The maximum Gasteiger partial charge on any atom is 0.353 e. The number of hydrogen-bond donors (Lipinski definition) is 3. The number of β-lactam (4-membered cyclic amide) rings is 1. The molecule has 3 N–H and O–H groups in total. The first kappa shape index (κ1) is 15.6. The minimum Gasteiger partial charge on any atom is -0.477 e. The Bertz CT molecular complexity index is 555. The van der Waals surface area contributed by atoms with Gasteiger partial charge in [-0.05, 0) is 12.3 Å². The molecule has 7 nitrogen and oxygen atoms in total. The molecule has 1 fully saturated rings. The van der Waals surface area contributed by atoms with Crippen molar-refractivity contribution in [1.82, 2.24) is 10.2 Å². The summed E-state index contributed by atoms with van der Waals surface area (Å²) in [6.07, 6.45) is 1.02. The Morgan fingerprint density at radius 2 is 2.19 bits per heavy atom. The van der Waals surface area contributed by atoms with Crippen molar-refractivity contribution in [2.45, 2.75) is 32.4 Å². The van der Waals surface area contributed by atoms with Crippen LogP contribution < -0.4 is 5.32 Å². The smallest absolute Gasteiger partial charge is 0.353 e. The standard InChI is InChI=1S/C13H16N2O5S/c1-6(16)10-8-5-9(21-4-3-14-7(2)17)11(13(19)20)15(8)12(10)18/h3-4,6,8,10,16H,5H2,1-2H3,(H,14,17)(H,19,20)/b4-3+/t6?,8-,10-/m1/s1. The number of carboxylic acid groups (broad SMARTS) is 1. The summed E-state index contributed by atoms with van der Waals surface area (Å²) in [5.41, 5.74) is -0.0284. The molecule has 0 aromatic heterocycles. The van der Waals surface area contributed by atoms with Crippen LogP contribution in [0.1, 0.15) is 20.3 Å². The van der Waals surface area contributed by atoms with Crippen LogP contribution in [0.4, 0.5) is 0 Å². The lowest BCUT2D eigenvalue weighted by atomic mass is 9.83. The lowest BCUT2D eigenvalue weighted by molar-refractivity contribution is -0.161. The number of thioether (sulfide) groups is 1. The van der Waals surface area contributed by atoms with E-state index < -0.39 is 18.0 Å². The molecule has 0 saturated carbocycles. The third-order valence-corrected chi connectivity index (χ3v) is 4.37. The molecule has 0 aromatic rings. The van der Waals surface area contributed by atoms with Crippen LogP contribution in [0.15, 0.2) is 22.2 Å². The summed E-state index contributed by atoms with van der Waals surface area (Å²) in [4.78, 5) is 35.8. The van der Waals surface area contributed by atoms with Gasteiger partial charge in [0, 0.05) is 24.4 Å². The maximum absolute atomic E-state index is 11.9. The highest BCUT2D eigenvalue weighted by Crippen LogP contribution is 2.47. The van der Waals surface area contributed by atoms with Gasteiger partial charge in [0.2, 0.25) is 11.8 Å². The van der Waals surface area contributed by atoms with E-state index in [0.717, 1.165) is 11.8 Å². The Labute approximate surface area is 125 Å². The average molecular weight is 312 g/mol. The van der Waals surface area contributed by atoms with Crippen molar-refractivity contribution in [2.24, 2.45) is 5.92 Å². The summed E-state index contributed by atoms with van der Waals surface area (Å²) in [6, 6.07) is -0.291. The number of aliphatic carboxylic acids is 1. The summed E-state index contributed by atoms with van der Waals surface area (Å²) < 4.78 is 0. The second kappa shape index (κ2) is 5.90. The average Bonchev–Trinajstić information content (AvgIpc) is 2.68. The second-order valence-corrected chi connectivity index (χ2v) is 5.94. The molecule has 1 unspecified atom stereocenters. The molecule has 0 bridgehead atoms. The van der Waals surface area contributed by atoms with Gasteiger partial charge in [-0.25, -0.2) is 4.79 Å². The molecule has 0 aliphatic carbocycles. The minimum atomic E-state index is -1.16. The van der Waals surface area contributed by atoms with E-state index >= 15 is 0 Å². The van der Waals surface area contributed by atoms with Crippen LogP contribution in [-0.4, -0.2) is 45.0 Å². The van der Waals surface area contributed by atoms with E-state index in [1.807, 2.05) is 0 Å². The van der Waals surface area contributed by atoms with Crippen molar-refractivity contribution in [3.8, 4) is 0 Å². The molecule has 0 radical (unpaired) electrons. The highest BCUT2D eigenvalue weighted by molar-refractivity contribution is 8.05. The van der Waals surface area contributed by atoms with Gasteiger partial charge >= 0.3 is 5.97 Å². The summed E-state index contributed by atoms with van der Waals surface area (Å²) in [5.74, 6) is -2.28. The molecule has 8 heteroatoms. The summed E-state index contributed by atoms with van der Waals surface area (Å²) in [5, 5.41) is 22.9. The van der Waals surface area contributed by atoms with Crippen molar-refractivity contribution >= 4 is 29.5 Å². The van der Waals surface area contributed by atoms with E-state index in [1.165, 1.54) is 24.9 Å². The van der Waals surface area contributed by atoms with Crippen LogP contribution in [0, 0.1) is 5.92 Å². The Balaban J connectivity index is 2.13. The maximum atomic E-state index is 11.9.